The normalized spacial score (nSPS) is 10.3. The van der Waals surface area contributed by atoms with E-state index in [0.29, 0.717) is 24.5 Å². The first kappa shape index (κ1) is 17.9. The van der Waals surface area contributed by atoms with Crippen LogP contribution in [0.2, 0.25) is 0 Å². The van der Waals surface area contributed by atoms with Crippen molar-refractivity contribution in [3.63, 3.8) is 0 Å². The zero-order valence-corrected chi connectivity index (χ0v) is 14.6. The summed E-state index contributed by atoms with van der Waals surface area (Å²) in [5.41, 5.74) is 2.07. The van der Waals surface area contributed by atoms with Crippen molar-refractivity contribution < 1.29 is 14.3 Å². The van der Waals surface area contributed by atoms with Gasteiger partial charge in [0.25, 0.3) is 0 Å². The topological polar surface area (TPSA) is 38.8 Å². The minimum atomic E-state index is 0.118. The van der Waals surface area contributed by atoms with E-state index in [0.717, 1.165) is 24.1 Å². The molecule has 0 spiro atoms. The molecule has 24 heavy (non-hydrogen) atoms. The molecule has 0 aromatic heterocycles. The summed E-state index contributed by atoms with van der Waals surface area (Å²) in [6.07, 6.45) is 1.29. The van der Waals surface area contributed by atoms with Crippen molar-refractivity contribution in [2.45, 2.75) is 26.3 Å². The number of amides is 1. The summed E-state index contributed by atoms with van der Waals surface area (Å²) in [4.78, 5) is 14.6. The van der Waals surface area contributed by atoms with Crippen molar-refractivity contribution in [2.24, 2.45) is 0 Å². The van der Waals surface area contributed by atoms with E-state index in [9.17, 15) is 4.79 Å². The van der Waals surface area contributed by atoms with Gasteiger partial charge in [-0.2, -0.15) is 0 Å². The predicted octanol–water partition coefficient (Wildman–Crippen LogP) is 3.69. The van der Waals surface area contributed by atoms with E-state index < -0.39 is 0 Å². The van der Waals surface area contributed by atoms with Crippen LogP contribution in [0.3, 0.4) is 0 Å². The number of carbonyl (C=O) groups excluding carboxylic acids is 1. The van der Waals surface area contributed by atoms with Crippen LogP contribution in [0.1, 0.15) is 24.5 Å². The molecule has 0 aliphatic heterocycles. The second kappa shape index (κ2) is 8.96. The van der Waals surface area contributed by atoms with Gasteiger partial charge in [0.05, 0.1) is 20.6 Å². The minimum Gasteiger partial charge on any atom is -0.493 e. The van der Waals surface area contributed by atoms with Crippen molar-refractivity contribution in [3.05, 3.63) is 59.7 Å². The van der Waals surface area contributed by atoms with Crippen LogP contribution in [0.25, 0.3) is 0 Å². The summed E-state index contributed by atoms with van der Waals surface area (Å²) in [6, 6.07) is 15.7. The second-order valence-electron chi connectivity index (χ2n) is 5.67. The summed E-state index contributed by atoms with van der Waals surface area (Å²) in [6.45, 7) is 3.48. The molecule has 0 unspecified atom stereocenters. The lowest BCUT2D eigenvalue weighted by Crippen LogP contribution is -2.32. The zero-order valence-electron chi connectivity index (χ0n) is 14.6. The predicted molar refractivity (Wildman–Crippen MR) is 95.4 cm³/mol. The highest BCUT2D eigenvalue weighted by Gasteiger charge is 2.15. The average molecular weight is 327 g/mol. The Hall–Kier alpha value is -2.49. The molecule has 0 aliphatic carbocycles. The standard InChI is InChI=1S/C20H25NO3/c1-4-12-21(15-16-8-6-5-7-9-16)20(22)14-17-10-11-18(23-2)19(13-17)24-3/h5-11,13H,4,12,14-15H2,1-3H3. The van der Waals surface area contributed by atoms with Gasteiger partial charge in [-0.3, -0.25) is 4.79 Å². The van der Waals surface area contributed by atoms with Crippen LogP contribution in [-0.2, 0) is 17.8 Å². The van der Waals surface area contributed by atoms with E-state index in [1.54, 1.807) is 14.2 Å². The molecular weight excluding hydrogens is 302 g/mol. The molecule has 128 valence electrons. The minimum absolute atomic E-state index is 0.118. The molecule has 2 rings (SSSR count). The van der Waals surface area contributed by atoms with Gasteiger partial charge in [-0.25, -0.2) is 0 Å². The molecule has 0 atom stereocenters. The third kappa shape index (κ3) is 4.75. The maximum absolute atomic E-state index is 12.7. The Morgan fingerprint density at radius 3 is 2.29 bits per heavy atom. The molecule has 4 nitrogen and oxygen atoms in total. The largest absolute Gasteiger partial charge is 0.493 e. The lowest BCUT2D eigenvalue weighted by molar-refractivity contribution is -0.131. The summed E-state index contributed by atoms with van der Waals surface area (Å²) < 4.78 is 10.6. The fraction of sp³-hybridized carbons (Fsp3) is 0.350. The van der Waals surface area contributed by atoms with Crippen LogP contribution in [0.15, 0.2) is 48.5 Å². The number of ether oxygens (including phenoxy) is 2. The molecule has 0 saturated carbocycles. The van der Waals surface area contributed by atoms with Gasteiger partial charge in [0.2, 0.25) is 5.91 Å². The number of carbonyl (C=O) groups is 1. The number of methoxy groups -OCH3 is 2. The molecule has 4 heteroatoms. The van der Waals surface area contributed by atoms with Crippen molar-refractivity contribution >= 4 is 5.91 Å². The van der Waals surface area contributed by atoms with E-state index in [1.165, 1.54) is 0 Å². The first-order valence-electron chi connectivity index (χ1n) is 8.20. The highest BCUT2D eigenvalue weighted by atomic mass is 16.5. The Bertz CT molecular complexity index is 655. The lowest BCUT2D eigenvalue weighted by atomic mass is 10.1. The highest BCUT2D eigenvalue weighted by molar-refractivity contribution is 5.79. The van der Waals surface area contributed by atoms with Gasteiger partial charge in [-0.05, 0) is 29.7 Å². The molecule has 0 heterocycles. The van der Waals surface area contributed by atoms with Crippen LogP contribution < -0.4 is 9.47 Å². The fourth-order valence-corrected chi connectivity index (χ4v) is 2.64. The van der Waals surface area contributed by atoms with Crippen LogP contribution in [0.5, 0.6) is 11.5 Å². The SMILES string of the molecule is CCCN(Cc1ccccc1)C(=O)Cc1ccc(OC)c(OC)c1. The molecule has 0 fully saturated rings. The van der Waals surface area contributed by atoms with Crippen molar-refractivity contribution in [2.75, 3.05) is 20.8 Å². The van der Waals surface area contributed by atoms with Crippen molar-refractivity contribution in [3.8, 4) is 11.5 Å². The van der Waals surface area contributed by atoms with E-state index in [2.05, 4.69) is 6.92 Å². The van der Waals surface area contributed by atoms with Gasteiger partial charge in [0, 0.05) is 13.1 Å². The third-order valence-corrected chi connectivity index (χ3v) is 3.87. The number of hydrogen-bond donors (Lipinski definition) is 0. The molecular formula is C20H25NO3. The fourth-order valence-electron chi connectivity index (χ4n) is 2.64. The molecule has 2 aromatic rings. The van der Waals surface area contributed by atoms with Gasteiger partial charge in [-0.15, -0.1) is 0 Å². The van der Waals surface area contributed by atoms with Crippen LogP contribution in [-0.4, -0.2) is 31.6 Å². The summed E-state index contributed by atoms with van der Waals surface area (Å²) in [5, 5.41) is 0. The summed E-state index contributed by atoms with van der Waals surface area (Å²) in [7, 11) is 3.20. The Balaban J connectivity index is 2.10. The van der Waals surface area contributed by atoms with Gasteiger partial charge >= 0.3 is 0 Å². The third-order valence-electron chi connectivity index (χ3n) is 3.87. The first-order valence-corrected chi connectivity index (χ1v) is 8.20. The molecule has 0 bridgehead atoms. The van der Waals surface area contributed by atoms with Crippen molar-refractivity contribution in [1.82, 2.24) is 4.90 Å². The molecule has 0 saturated heterocycles. The summed E-state index contributed by atoms with van der Waals surface area (Å²) >= 11 is 0. The zero-order chi connectivity index (χ0) is 17.4. The maximum atomic E-state index is 12.7. The summed E-state index contributed by atoms with van der Waals surface area (Å²) in [5.74, 6) is 1.43. The molecule has 1 amide bonds. The van der Waals surface area contributed by atoms with E-state index in [-0.39, 0.29) is 5.91 Å². The van der Waals surface area contributed by atoms with Gasteiger partial charge in [0.1, 0.15) is 0 Å². The van der Waals surface area contributed by atoms with E-state index in [1.807, 2.05) is 53.4 Å². The van der Waals surface area contributed by atoms with Crippen LogP contribution in [0, 0.1) is 0 Å². The molecule has 2 aromatic carbocycles. The molecule has 0 radical (unpaired) electrons. The monoisotopic (exact) mass is 327 g/mol. The molecule has 0 aliphatic rings. The Morgan fingerprint density at radius 2 is 1.67 bits per heavy atom. The van der Waals surface area contributed by atoms with E-state index >= 15 is 0 Å². The van der Waals surface area contributed by atoms with Crippen LogP contribution in [0.4, 0.5) is 0 Å². The Labute approximate surface area is 144 Å². The first-order chi connectivity index (χ1) is 11.7. The maximum Gasteiger partial charge on any atom is 0.227 e. The Morgan fingerprint density at radius 1 is 0.958 bits per heavy atom. The quantitative estimate of drug-likeness (QED) is 0.742. The Kier molecular flexibility index (Phi) is 6.67. The number of nitrogens with zero attached hydrogens (tertiary/aromatic N) is 1. The second-order valence-corrected chi connectivity index (χ2v) is 5.67. The average Bonchev–Trinajstić information content (AvgIpc) is 2.62. The smallest absolute Gasteiger partial charge is 0.227 e. The van der Waals surface area contributed by atoms with Gasteiger partial charge in [-0.1, -0.05) is 43.3 Å². The van der Waals surface area contributed by atoms with Gasteiger partial charge in [0.15, 0.2) is 11.5 Å². The van der Waals surface area contributed by atoms with E-state index in [4.69, 9.17) is 9.47 Å². The number of hydrogen-bond acceptors (Lipinski definition) is 3. The van der Waals surface area contributed by atoms with Crippen LogP contribution >= 0.6 is 0 Å². The highest BCUT2D eigenvalue weighted by Crippen LogP contribution is 2.27. The number of benzene rings is 2. The van der Waals surface area contributed by atoms with Gasteiger partial charge < -0.3 is 14.4 Å². The van der Waals surface area contributed by atoms with Crippen molar-refractivity contribution in [1.29, 1.82) is 0 Å². The number of rotatable bonds is 8. The molecule has 0 N–H and O–H groups in total. The lowest BCUT2D eigenvalue weighted by Gasteiger charge is -2.22.